The summed E-state index contributed by atoms with van der Waals surface area (Å²) in [6.45, 7) is 2.53. The third kappa shape index (κ3) is 5.10. The van der Waals surface area contributed by atoms with Crippen LogP contribution in [0.2, 0.25) is 0 Å². The molecule has 0 aliphatic carbocycles. The molecule has 1 saturated heterocycles. The Bertz CT molecular complexity index is 791. The number of urea groups is 1. The summed E-state index contributed by atoms with van der Waals surface area (Å²) in [5, 5.41) is 7.37. The van der Waals surface area contributed by atoms with E-state index in [9.17, 15) is 18.0 Å². The van der Waals surface area contributed by atoms with Crippen LogP contribution in [0, 0.1) is 0 Å². The predicted molar refractivity (Wildman–Crippen MR) is 101 cm³/mol. The molecular formula is C17H26N4O5S. The lowest BCUT2D eigenvalue weighted by atomic mass is 10.2. The van der Waals surface area contributed by atoms with Gasteiger partial charge in [-0.15, -0.1) is 0 Å². The zero-order valence-electron chi connectivity index (χ0n) is 15.7. The minimum absolute atomic E-state index is 0.0517. The summed E-state index contributed by atoms with van der Waals surface area (Å²) in [7, 11) is -0.884. The molecule has 1 fully saturated rings. The number of carbonyl (C=O) groups is 2. The van der Waals surface area contributed by atoms with Crippen molar-refractivity contribution in [2.45, 2.75) is 37.1 Å². The van der Waals surface area contributed by atoms with Crippen LogP contribution in [0.3, 0.4) is 0 Å². The zero-order valence-corrected chi connectivity index (χ0v) is 16.6. The maximum Gasteiger partial charge on any atom is 0.321 e. The van der Waals surface area contributed by atoms with E-state index in [1.165, 1.54) is 24.5 Å². The molecule has 10 heteroatoms. The highest BCUT2D eigenvalue weighted by Gasteiger charge is 2.29. The van der Waals surface area contributed by atoms with Crippen LogP contribution in [-0.2, 0) is 14.8 Å². The van der Waals surface area contributed by atoms with Gasteiger partial charge in [0.15, 0.2) is 0 Å². The Morgan fingerprint density at radius 3 is 2.44 bits per heavy atom. The second kappa shape index (κ2) is 9.05. The van der Waals surface area contributed by atoms with E-state index in [4.69, 9.17) is 4.74 Å². The SMILES string of the molecule is CNC(=O)NC(=O)C(C)Nc1ccc(OC)c(S(=O)(=O)N2CCCCC2)c1. The van der Waals surface area contributed by atoms with E-state index < -0.39 is 28.0 Å². The van der Waals surface area contributed by atoms with E-state index >= 15 is 0 Å². The molecule has 1 heterocycles. The molecule has 0 bridgehead atoms. The van der Waals surface area contributed by atoms with Crippen LogP contribution >= 0.6 is 0 Å². The normalized spacial score (nSPS) is 16.3. The van der Waals surface area contributed by atoms with E-state index in [2.05, 4.69) is 16.0 Å². The summed E-state index contributed by atoms with van der Waals surface area (Å²) in [6.07, 6.45) is 2.68. The van der Waals surface area contributed by atoms with Crippen LogP contribution in [0.5, 0.6) is 5.75 Å². The number of piperidine rings is 1. The van der Waals surface area contributed by atoms with Crippen LogP contribution in [0.1, 0.15) is 26.2 Å². The lowest BCUT2D eigenvalue weighted by Crippen LogP contribution is -2.44. The minimum Gasteiger partial charge on any atom is -0.495 e. The molecule has 1 aromatic carbocycles. The number of hydrogen-bond donors (Lipinski definition) is 3. The number of hydrogen-bond acceptors (Lipinski definition) is 6. The molecule has 0 spiro atoms. The molecule has 1 aliphatic rings. The second-order valence-corrected chi connectivity index (χ2v) is 8.17. The van der Waals surface area contributed by atoms with Crippen molar-refractivity contribution >= 4 is 27.6 Å². The summed E-state index contributed by atoms with van der Waals surface area (Å²) >= 11 is 0. The number of methoxy groups -OCH3 is 1. The molecule has 0 saturated carbocycles. The van der Waals surface area contributed by atoms with Gasteiger partial charge in [-0.05, 0) is 38.0 Å². The Morgan fingerprint density at radius 1 is 1.19 bits per heavy atom. The van der Waals surface area contributed by atoms with Crippen LogP contribution in [0.4, 0.5) is 10.5 Å². The Kier molecular flexibility index (Phi) is 7.03. The van der Waals surface area contributed by atoms with Gasteiger partial charge in [0.25, 0.3) is 0 Å². The fourth-order valence-electron chi connectivity index (χ4n) is 2.81. The van der Waals surface area contributed by atoms with Gasteiger partial charge in [-0.1, -0.05) is 6.42 Å². The number of nitrogens with zero attached hydrogens (tertiary/aromatic N) is 1. The molecule has 9 nitrogen and oxygen atoms in total. The van der Waals surface area contributed by atoms with Gasteiger partial charge in [0.2, 0.25) is 15.9 Å². The molecule has 1 atom stereocenters. The van der Waals surface area contributed by atoms with Gasteiger partial charge < -0.3 is 15.4 Å². The van der Waals surface area contributed by atoms with Gasteiger partial charge in [0.1, 0.15) is 16.7 Å². The number of benzene rings is 1. The first-order valence-electron chi connectivity index (χ1n) is 8.77. The molecule has 3 N–H and O–H groups in total. The average Bonchev–Trinajstić information content (AvgIpc) is 2.68. The van der Waals surface area contributed by atoms with Gasteiger partial charge in [0, 0.05) is 25.8 Å². The molecule has 0 radical (unpaired) electrons. The van der Waals surface area contributed by atoms with Crippen LogP contribution in [0.25, 0.3) is 0 Å². The molecule has 150 valence electrons. The number of amides is 3. The maximum atomic E-state index is 13.0. The highest BCUT2D eigenvalue weighted by Crippen LogP contribution is 2.31. The maximum absolute atomic E-state index is 13.0. The highest BCUT2D eigenvalue weighted by atomic mass is 32.2. The molecule has 1 aliphatic heterocycles. The summed E-state index contributed by atoms with van der Waals surface area (Å²) in [4.78, 5) is 23.3. The number of nitrogens with one attached hydrogen (secondary N) is 3. The van der Waals surface area contributed by atoms with E-state index in [0.717, 1.165) is 19.3 Å². The third-order valence-corrected chi connectivity index (χ3v) is 6.26. The van der Waals surface area contributed by atoms with Crippen molar-refractivity contribution in [2.24, 2.45) is 0 Å². The summed E-state index contributed by atoms with van der Waals surface area (Å²) < 4.78 is 32.7. The van der Waals surface area contributed by atoms with Crippen LogP contribution in [-0.4, -0.2) is 58.0 Å². The number of sulfonamides is 1. The standard InChI is InChI=1S/C17H26N4O5S/c1-12(16(22)20-17(23)18-2)19-13-7-8-14(26-3)15(11-13)27(24,25)21-9-5-4-6-10-21/h7-8,11-12,19H,4-6,9-10H2,1-3H3,(H2,18,20,22,23). The van der Waals surface area contributed by atoms with Gasteiger partial charge in [-0.3, -0.25) is 10.1 Å². The fourth-order valence-corrected chi connectivity index (χ4v) is 4.51. The van der Waals surface area contributed by atoms with Gasteiger partial charge in [-0.25, -0.2) is 13.2 Å². The van der Waals surface area contributed by atoms with E-state index in [0.29, 0.717) is 18.8 Å². The largest absolute Gasteiger partial charge is 0.495 e. The number of rotatable bonds is 6. The van der Waals surface area contributed by atoms with Crippen molar-refractivity contribution in [2.75, 3.05) is 32.6 Å². The minimum atomic E-state index is -3.70. The molecule has 0 aromatic heterocycles. The molecule has 1 unspecified atom stereocenters. The Morgan fingerprint density at radius 2 is 1.85 bits per heavy atom. The van der Waals surface area contributed by atoms with Gasteiger partial charge in [0.05, 0.1) is 7.11 Å². The zero-order chi connectivity index (χ0) is 20.0. The van der Waals surface area contributed by atoms with Crippen molar-refractivity contribution in [3.05, 3.63) is 18.2 Å². The third-order valence-electron chi connectivity index (χ3n) is 4.34. The Hall–Kier alpha value is -2.33. The van der Waals surface area contributed by atoms with Crippen molar-refractivity contribution in [3.8, 4) is 5.75 Å². The first kappa shape index (κ1) is 21.0. The summed E-state index contributed by atoms with van der Waals surface area (Å²) in [5.74, 6) is -0.292. The predicted octanol–water partition coefficient (Wildman–Crippen LogP) is 1.13. The molecular weight excluding hydrogens is 372 g/mol. The fraction of sp³-hybridized carbons (Fsp3) is 0.529. The Balaban J connectivity index is 2.24. The molecule has 3 amide bonds. The summed E-state index contributed by atoms with van der Waals surface area (Å²) in [5.41, 5.74) is 0.436. The quantitative estimate of drug-likeness (QED) is 0.661. The lowest BCUT2D eigenvalue weighted by Gasteiger charge is -2.27. The Labute approximate surface area is 159 Å². The number of ether oxygens (including phenoxy) is 1. The van der Waals surface area contributed by atoms with E-state index in [1.54, 1.807) is 19.1 Å². The average molecular weight is 398 g/mol. The second-order valence-electron chi connectivity index (χ2n) is 6.26. The van der Waals surface area contributed by atoms with Crippen molar-refractivity contribution in [1.82, 2.24) is 14.9 Å². The lowest BCUT2D eigenvalue weighted by molar-refractivity contribution is -0.120. The molecule has 27 heavy (non-hydrogen) atoms. The number of imide groups is 1. The first-order valence-corrected chi connectivity index (χ1v) is 10.2. The summed E-state index contributed by atoms with van der Waals surface area (Å²) in [6, 6.07) is 3.25. The highest BCUT2D eigenvalue weighted by molar-refractivity contribution is 7.89. The van der Waals surface area contributed by atoms with Gasteiger partial charge >= 0.3 is 6.03 Å². The molecule has 2 rings (SSSR count). The van der Waals surface area contributed by atoms with E-state index in [-0.39, 0.29) is 10.6 Å². The number of anilines is 1. The van der Waals surface area contributed by atoms with Crippen molar-refractivity contribution in [3.63, 3.8) is 0 Å². The van der Waals surface area contributed by atoms with Gasteiger partial charge in [-0.2, -0.15) is 4.31 Å². The molecule has 1 aromatic rings. The smallest absolute Gasteiger partial charge is 0.321 e. The van der Waals surface area contributed by atoms with Crippen LogP contribution < -0.4 is 20.7 Å². The van der Waals surface area contributed by atoms with Crippen molar-refractivity contribution < 1.29 is 22.7 Å². The topological polar surface area (TPSA) is 117 Å². The monoisotopic (exact) mass is 398 g/mol. The van der Waals surface area contributed by atoms with Crippen molar-refractivity contribution in [1.29, 1.82) is 0 Å². The van der Waals surface area contributed by atoms with E-state index in [1.807, 2.05) is 0 Å². The first-order chi connectivity index (χ1) is 12.8. The number of carbonyl (C=O) groups excluding carboxylic acids is 2. The van der Waals surface area contributed by atoms with Crippen LogP contribution in [0.15, 0.2) is 23.1 Å².